The molecule has 7 heteroatoms. The standard InChI is InChI=1S/C14H17NO6/c1-17-11-4-8(3-10-5-9(6-16)15-21-10)12(18-2)14-13(11)19-7-20-14/h4,10,16H,3,5-7H2,1-2H3/t10-/m0/s1. The van der Waals surface area contributed by atoms with Crippen molar-refractivity contribution >= 4 is 5.71 Å². The van der Waals surface area contributed by atoms with Gasteiger partial charge >= 0.3 is 0 Å². The van der Waals surface area contributed by atoms with E-state index in [1.807, 2.05) is 6.07 Å². The number of hydrogen-bond acceptors (Lipinski definition) is 7. The fourth-order valence-electron chi connectivity index (χ4n) is 2.53. The van der Waals surface area contributed by atoms with Gasteiger partial charge in [-0.15, -0.1) is 0 Å². The van der Waals surface area contributed by atoms with Gasteiger partial charge in [0.2, 0.25) is 18.3 Å². The number of oxime groups is 1. The molecule has 1 aromatic rings. The summed E-state index contributed by atoms with van der Waals surface area (Å²) in [5.41, 5.74) is 1.53. The normalized spacial score (nSPS) is 19.2. The Kier molecular flexibility index (Phi) is 3.74. The van der Waals surface area contributed by atoms with Crippen molar-refractivity contribution in [3.8, 4) is 23.0 Å². The molecular weight excluding hydrogens is 278 g/mol. The van der Waals surface area contributed by atoms with E-state index < -0.39 is 0 Å². The van der Waals surface area contributed by atoms with Gasteiger partial charge in [0.05, 0.1) is 26.5 Å². The summed E-state index contributed by atoms with van der Waals surface area (Å²) in [6.45, 7) is 0.0568. The molecule has 1 atom stereocenters. The molecule has 0 saturated heterocycles. The number of hydrogen-bond donors (Lipinski definition) is 1. The number of ether oxygens (including phenoxy) is 4. The summed E-state index contributed by atoms with van der Waals surface area (Å²) in [5, 5.41) is 12.9. The zero-order valence-corrected chi connectivity index (χ0v) is 11.9. The van der Waals surface area contributed by atoms with Gasteiger partial charge < -0.3 is 28.9 Å². The van der Waals surface area contributed by atoms with Gasteiger partial charge in [-0.2, -0.15) is 0 Å². The van der Waals surface area contributed by atoms with E-state index in [0.29, 0.717) is 41.6 Å². The lowest BCUT2D eigenvalue weighted by Gasteiger charge is -2.15. The van der Waals surface area contributed by atoms with Gasteiger partial charge in [-0.3, -0.25) is 0 Å². The molecule has 0 aromatic heterocycles. The van der Waals surface area contributed by atoms with Crippen LogP contribution in [0.25, 0.3) is 0 Å². The van der Waals surface area contributed by atoms with Crippen LogP contribution in [0.2, 0.25) is 0 Å². The Labute approximate surface area is 122 Å². The van der Waals surface area contributed by atoms with Crippen LogP contribution < -0.4 is 18.9 Å². The third-order valence-electron chi connectivity index (χ3n) is 3.49. The van der Waals surface area contributed by atoms with Crippen LogP contribution in [0.15, 0.2) is 11.2 Å². The van der Waals surface area contributed by atoms with E-state index in [1.54, 1.807) is 14.2 Å². The summed E-state index contributed by atoms with van der Waals surface area (Å²) >= 11 is 0. The van der Waals surface area contributed by atoms with E-state index in [2.05, 4.69) is 5.16 Å². The summed E-state index contributed by atoms with van der Waals surface area (Å²) < 4.78 is 21.7. The van der Waals surface area contributed by atoms with Crippen molar-refractivity contribution in [2.45, 2.75) is 18.9 Å². The predicted molar refractivity (Wildman–Crippen MR) is 73.4 cm³/mol. The van der Waals surface area contributed by atoms with Gasteiger partial charge in [-0.05, 0) is 6.07 Å². The van der Waals surface area contributed by atoms with Gasteiger partial charge in [0, 0.05) is 18.4 Å². The Morgan fingerprint density at radius 3 is 2.76 bits per heavy atom. The number of fused-ring (bicyclic) bond motifs is 1. The first-order valence-corrected chi connectivity index (χ1v) is 6.62. The molecule has 114 valence electrons. The second-order valence-corrected chi connectivity index (χ2v) is 4.79. The monoisotopic (exact) mass is 295 g/mol. The summed E-state index contributed by atoms with van der Waals surface area (Å²) in [6.07, 6.45) is 1.03. The van der Waals surface area contributed by atoms with Crippen molar-refractivity contribution < 1.29 is 28.9 Å². The molecule has 0 fully saturated rings. The third kappa shape index (κ3) is 2.44. The van der Waals surface area contributed by atoms with Crippen molar-refractivity contribution in [3.05, 3.63) is 11.6 Å². The average Bonchev–Trinajstić information content (AvgIpc) is 3.15. The van der Waals surface area contributed by atoms with Crippen LogP contribution in [0.3, 0.4) is 0 Å². The Hall–Kier alpha value is -2.15. The van der Waals surface area contributed by atoms with E-state index >= 15 is 0 Å². The number of rotatable bonds is 5. The quantitative estimate of drug-likeness (QED) is 0.876. The molecule has 0 saturated carbocycles. The molecule has 0 radical (unpaired) electrons. The highest BCUT2D eigenvalue weighted by molar-refractivity contribution is 5.86. The number of aliphatic hydroxyl groups excluding tert-OH is 1. The molecule has 3 rings (SSSR count). The molecule has 1 aromatic carbocycles. The minimum atomic E-state index is -0.133. The molecule has 0 spiro atoms. The largest absolute Gasteiger partial charge is 0.493 e. The lowest BCUT2D eigenvalue weighted by atomic mass is 10.0. The molecule has 2 heterocycles. The minimum absolute atomic E-state index is 0.0852. The average molecular weight is 295 g/mol. The molecule has 2 aliphatic heterocycles. The van der Waals surface area contributed by atoms with Crippen molar-refractivity contribution in [1.82, 2.24) is 0 Å². The Morgan fingerprint density at radius 2 is 2.10 bits per heavy atom. The summed E-state index contributed by atoms with van der Waals surface area (Å²) in [6, 6.07) is 1.85. The van der Waals surface area contributed by atoms with Crippen molar-refractivity contribution in [1.29, 1.82) is 0 Å². The lowest BCUT2D eigenvalue weighted by molar-refractivity contribution is 0.0852. The number of benzene rings is 1. The summed E-state index contributed by atoms with van der Waals surface area (Å²) in [7, 11) is 3.16. The van der Waals surface area contributed by atoms with Crippen LogP contribution in [0.4, 0.5) is 0 Å². The van der Waals surface area contributed by atoms with Crippen LogP contribution in [0, 0.1) is 0 Å². The fourth-order valence-corrected chi connectivity index (χ4v) is 2.53. The van der Waals surface area contributed by atoms with Crippen LogP contribution in [0.5, 0.6) is 23.0 Å². The van der Waals surface area contributed by atoms with E-state index in [4.69, 9.17) is 28.9 Å². The summed E-state index contributed by atoms with van der Waals surface area (Å²) in [4.78, 5) is 5.31. The molecule has 0 unspecified atom stereocenters. The molecule has 0 bridgehead atoms. The Balaban J connectivity index is 1.88. The van der Waals surface area contributed by atoms with Crippen molar-refractivity contribution in [3.63, 3.8) is 0 Å². The maximum atomic E-state index is 9.07. The highest BCUT2D eigenvalue weighted by atomic mass is 16.7. The van der Waals surface area contributed by atoms with Gasteiger partial charge in [-0.25, -0.2) is 0 Å². The predicted octanol–water partition coefficient (Wildman–Crippen LogP) is 1.11. The second-order valence-electron chi connectivity index (χ2n) is 4.79. The molecule has 7 nitrogen and oxygen atoms in total. The lowest BCUT2D eigenvalue weighted by Crippen LogP contribution is -2.13. The smallest absolute Gasteiger partial charge is 0.231 e. The van der Waals surface area contributed by atoms with Gasteiger partial charge in [0.15, 0.2) is 11.5 Å². The first-order valence-electron chi connectivity index (χ1n) is 6.62. The van der Waals surface area contributed by atoms with E-state index in [0.717, 1.165) is 5.56 Å². The first kappa shape index (κ1) is 13.8. The molecule has 0 amide bonds. The molecule has 2 aliphatic rings. The Morgan fingerprint density at radius 1 is 1.29 bits per heavy atom. The van der Waals surface area contributed by atoms with Crippen LogP contribution in [-0.2, 0) is 11.3 Å². The zero-order chi connectivity index (χ0) is 14.8. The van der Waals surface area contributed by atoms with Gasteiger partial charge in [-0.1, -0.05) is 5.16 Å². The van der Waals surface area contributed by atoms with E-state index in [-0.39, 0.29) is 19.5 Å². The van der Waals surface area contributed by atoms with E-state index in [1.165, 1.54) is 0 Å². The van der Waals surface area contributed by atoms with Gasteiger partial charge in [0.25, 0.3) is 0 Å². The first-order chi connectivity index (χ1) is 10.3. The van der Waals surface area contributed by atoms with Crippen LogP contribution in [0.1, 0.15) is 12.0 Å². The molecular formula is C14H17NO6. The zero-order valence-electron chi connectivity index (χ0n) is 11.9. The minimum Gasteiger partial charge on any atom is -0.493 e. The fraction of sp³-hybridized carbons (Fsp3) is 0.500. The highest BCUT2D eigenvalue weighted by Gasteiger charge is 2.29. The van der Waals surface area contributed by atoms with Crippen molar-refractivity contribution in [2.75, 3.05) is 27.6 Å². The third-order valence-corrected chi connectivity index (χ3v) is 3.49. The van der Waals surface area contributed by atoms with Crippen LogP contribution >= 0.6 is 0 Å². The number of aliphatic hydroxyl groups is 1. The van der Waals surface area contributed by atoms with Crippen LogP contribution in [-0.4, -0.2) is 44.5 Å². The maximum Gasteiger partial charge on any atom is 0.231 e. The maximum absolute atomic E-state index is 9.07. The molecule has 21 heavy (non-hydrogen) atoms. The Bertz CT molecular complexity index is 571. The number of nitrogens with zero attached hydrogens (tertiary/aromatic N) is 1. The highest BCUT2D eigenvalue weighted by Crippen LogP contribution is 2.49. The molecule has 1 N–H and O–H groups in total. The second kappa shape index (κ2) is 5.69. The van der Waals surface area contributed by atoms with Gasteiger partial charge in [0.1, 0.15) is 6.10 Å². The van der Waals surface area contributed by atoms with E-state index in [9.17, 15) is 0 Å². The van der Waals surface area contributed by atoms with Crippen molar-refractivity contribution in [2.24, 2.45) is 5.16 Å². The SMILES string of the molecule is COc1cc(C[C@H]2CC(CO)=NO2)c(OC)c2c1OCO2. The summed E-state index contributed by atoms with van der Waals surface area (Å²) in [5.74, 6) is 2.31. The molecule has 0 aliphatic carbocycles. The topological polar surface area (TPSA) is 78.7 Å². The number of methoxy groups -OCH3 is 2.